The van der Waals surface area contributed by atoms with Gasteiger partial charge in [0.1, 0.15) is 5.54 Å². The number of imide groups is 1. The van der Waals surface area contributed by atoms with Crippen molar-refractivity contribution in [3.63, 3.8) is 0 Å². The van der Waals surface area contributed by atoms with Crippen LogP contribution < -0.4 is 15.6 Å². The molecule has 0 radical (unpaired) electrons. The molecule has 3 amide bonds. The molecule has 2 aliphatic carbocycles. The van der Waals surface area contributed by atoms with Crippen LogP contribution >= 0.6 is 0 Å². The van der Waals surface area contributed by atoms with Gasteiger partial charge in [-0.1, -0.05) is 0 Å². The second-order valence-corrected chi connectivity index (χ2v) is 13.4. The molecule has 3 saturated heterocycles. The van der Waals surface area contributed by atoms with Gasteiger partial charge in [0.05, 0.1) is 17.2 Å². The van der Waals surface area contributed by atoms with E-state index in [4.69, 9.17) is 0 Å². The number of carbonyl (C=O) groups excluding carboxylic acids is 2. The third-order valence-corrected chi connectivity index (χ3v) is 10.6. The minimum Gasteiger partial charge on any atom is -0.319 e. The van der Waals surface area contributed by atoms with E-state index in [1.807, 2.05) is 29.0 Å². The Kier molecular flexibility index (Phi) is 6.80. The third kappa shape index (κ3) is 4.87. The fraction of sp³-hybridized carbons (Fsp3) is 0.870. The second kappa shape index (κ2) is 9.49. The van der Waals surface area contributed by atoms with Crippen molar-refractivity contribution in [3.05, 3.63) is 0 Å². The van der Waals surface area contributed by atoms with Gasteiger partial charge in [-0.3, -0.25) is 20.5 Å². The minimum atomic E-state index is -3.76. The van der Waals surface area contributed by atoms with Crippen LogP contribution in [0, 0.1) is 23.2 Å². The lowest BCUT2D eigenvalue weighted by Gasteiger charge is -2.49. The number of carbonyl (C=O) groups is 2. The number of nitriles is 1. The average molecular weight is 523 g/mol. The summed E-state index contributed by atoms with van der Waals surface area (Å²) in [5.41, 5.74) is 5.61. The van der Waals surface area contributed by atoms with Crippen LogP contribution in [0.3, 0.4) is 0 Å². The summed E-state index contributed by atoms with van der Waals surface area (Å²) >= 11 is 0. The standard InChI is InChI=1S/C23H38N8O4S/c1-15-8-17(29(3)26-15)13-30-20-5-4-18(36(34,35)27-23(14-24)6-7-23)9-19(20)21(32)31(22(30)33)12-16-10-25-28(2)11-16/h15-20,25-27H,4-13H2,1-3H3. The van der Waals surface area contributed by atoms with Crippen LogP contribution in [0.25, 0.3) is 0 Å². The Morgan fingerprint density at radius 2 is 1.92 bits per heavy atom. The number of hydrogen-bond acceptors (Lipinski definition) is 9. The zero-order valence-electron chi connectivity index (χ0n) is 21.3. The smallest absolute Gasteiger partial charge is 0.319 e. The van der Waals surface area contributed by atoms with Crippen LogP contribution in [-0.2, 0) is 14.8 Å². The first-order chi connectivity index (χ1) is 17.0. The maximum absolute atomic E-state index is 13.7. The number of hydrazine groups is 2. The van der Waals surface area contributed by atoms with Crippen LogP contribution in [0.5, 0.6) is 0 Å². The molecular weight excluding hydrogens is 484 g/mol. The molecule has 12 nitrogen and oxygen atoms in total. The zero-order valence-corrected chi connectivity index (χ0v) is 22.1. The highest BCUT2D eigenvalue weighted by molar-refractivity contribution is 7.90. The molecule has 36 heavy (non-hydrogen) atoms. The molecule has 3 aliphatic heterocycles. The van der Waals surface area contributed by atoms with Crippen molar-refractivity contribution < 1.29 is 18.0 Å². The van der Waals surface area contributed by atoms with E-state index in [9.17, 15) is 23.3 Å². The zero-order chi connectivity index (χ0) is 25.8. The molecule has 0 aromatic rings. The molecule has 0 aromatic heterocycles. The number of fused-ring (bicyclic) bond motifs is 1. The van der Waals surface area contributed by atoms with Gasteiger partial charge in [-0.05, 0) is 45.4 Å². The maximum atomic E-state index is 13.7. The van der Waals surface area contributed by atoms with E-state index in [2.05, 4.69) is 28.6 Å². The molecule has 2 saturated carbocycles. The predicted octanol–water partition coefficient (Wildman–Crippen LogP) is -0.573. The number of sulfonamides is 1. The van der Waals surface area contributed by atoms with Gasteiger partial charge in [0.2, 0.25) is 15.9 Å². The van der Waals surface area contributed by atoms with Crippen molar-refractivity contribution in [1.82, 2.24) is 35.4 Å². The molecule has 5 fully saturated rings. The molecule has 5 rings (SSSR count). The Hall–Kier alpha value is -1.82. The minimum absolute atomic E-state index is 0.118. The highest BCUT2D eigenvalue weighted by atomic mass is 32.2. The Balaban J connectivity index is 1.37. The Morgan fingerprint density at radius 3 is 2.50 bits per heavy atom. The van der Waals surface area contributed by atoms with Gasteiger partial charge in [-0.15, -0.1) is 0 Å². The van der Waals surface area contributed by atoms with Crippen molar-refractivity contribution in [2.45, 2.75) is 74.4 Å². The lowest BCUT2D eigenvalue weighted by atomic mass is 9.80. The van der Waals surface area contributed by atoms with Gasteiger partial charge in [-0.2, -0.15) is 9.98 Å². The largest absolute Gasteiger partial charge is 0.327 e. The molecule has 3 heterocycles. The van der Waals surface area contributed by atoms with Crippen LogP contribution in [0.15, 0.2) is 0 Å². The first-order valence-electron chi connectivity index (χ1n) is 13.0. The monoisotopic (exact) mass is 522 g/mol. The van der Waals surface area contributed by atoms with E-state index in [1.165, 1.54) is 4.90 Å². The first kappa shape index (κ1) is 25.8. The van der Waals surface area contributed by atoms with E-state index >= 15 is 0 Å². The summed E-state index contributed by atoms with van der Waals surface area (Å²) in [6.07, 6.45) is 2.90. The fourth-order valence-electron chi connectivity index (χ4n) is 6.40. The van der Waals surface area contributed by atoms with E-state index in [0.717, 1.165) is 13.0 Å². The SMILES string of the molecule is CC1CC(CN2C(=O)N(CC3CNN(C)C3)C(=O)C3CC(S(=O)(=O)NC4(C#N)CC4)CCC32)N(C)N1. The molecule has 200 valence electrons. The van der Waals surface area contributed by atoms with Gasteiger partial charge in [-0.25, -0.2) is 23.2 Å². The summed E-state index contributed by atoms with van der Waals surface area (Å²) in [5.74, 6) is -0.713. The summed E-state index contributed by atoms with van der Waals surface area (Å²) in [6, 6.07) is 1.93. The summed E-state index contributed by atoms with van der Waals surface area (Å²) < 4.78 is 29.0. The van der Waals surface area contributed by atoms with Gasteiger partial charge >= 0.3 is 6.03 Å². The van der Waals surface area contributed by atoms with Crippen molar-refractivity contribution >= 4 is 22.0 Å². The van der Waals surface area contributed by atoms with Crippen molar-refractivity contribution in [2.75, 3.05) is 40.3 Å². The Morgan fingerprint density at radius 1 is 1.17 bits per heavy atom. The highest BCUT2D eigenvalue weighted by Crippen LogP contribution is 2.40. The van der Waals surface area contributed by atoms with Crippen LogP contribution in [0.1, 0.15) is 45.4 Å². The summed E-state index contributed by atoms with van der Waals surface area (Å²) in [6.45, 7) is 4.33. The first-order valence-corrected chi connectivity index (χ1v) is 14.6. The van der Waals surface area contributed by atoms with E-state index in [0.29, 0.717) is 51.4 Å². The lowest BCUT2D eigenvalue weighted by Crippen LogP contribution is -2.66. The van der Waals surface area contributed by atoms with Crippen molar-refractivity contribution in [2.24, 2.45) is 11.8 Å². The second-order valence-electron chi connectivity index (χ2n) is 11.5. The Bertz CT molecular complexity index is 1040. The van der Waals surface area contributed by atoms with Crippen molar-refractivity contribution in [3.8, 4) is 6.07 Å². The van der Waals surface area contributed by atoms with Gasteiger partial charge in [0, 0.05) is 64.3 Å². The van der Waals surface area contributed by atoms with Gasteiger partial charge in [0.15, 0.2) is 0 Å². The van der Waals surface area contributed by atoms with Crippen LogP contribution in [0.4, 0.5) is 4.79 Å². The van der Waals surface area contributed by atoms with Crippen molar-refractivity contribution in [1.29, 1.82) is 5.26 Å². The van der Waals surface area contributed by atoms with E-state index < -0.39 is 26.7 Å². The highest BCUT2D eigenvalue weighted by Gasteiger charge is 2.54. The summed E-state index contributed by atoms with van der Waals surface area (Å²) in [4.78, 5) is 30.7. The molecular formula is C23H38N8O4S. The lowest BCUT2D eigenvalue weighted by molar-refractivity contribution is -0.141. The van der Waals surface area contributed by atoms with Gasteiger partial charge < -0.3 is 4.90 Å². The summed E-state index contributed by atoms with van der Waals surface area (Å²) in [5, 5.41) is 12.6. The topological polar surface area (TPSA) is 141 Å². The molecule has 6 unspecified atom stereocenters. The normalized spacial score (nSPS) is 37.3. The van der Waals surface area contributed by atoms with Crippen LogP contribution in [-0.4, -0.2) is 109 Å². The average Bonchev–Trinajstić information content (AvgIpc) is 3.35. The van der Waals surface area contributed by atoms with E-state index in [1.54, 1.807) is 0 Å². The van der Waals surface area contributed by atoms with Gasteiger partial charge in [0.25, 0.3) is 0 Å². The molecule has 0 spiro atoms. The number of nitrogens with one attached hydrogen (secondary N) is 3. The quantitative estimate of drug-likeness (QED) is 0.401. The molecule has 13 heteroatoms. The third-order valence-electron chi connectivity index (χ3n) is 8.59. The number of rotatable bonds is 7. The van der Waals surface area contributed by atoms with E-state index in [-0.39, 0.29) is 36.4 Å². The van der Waals surface area contributed by atoms with Crippen LogP contribution in [0.2, 0.25) is 0 Å². The molecule has 5 aliphatic rings. The Labute approximate surface area is 213 Å². The molecule has 3 N–H and O–H groups in total. The number of amides is 3. The predicted molar refractivity (Wildman–Crippen MR) is 131 cm³/mol. The fourth-order valence-corrected chi connectivity index (χ4v) is 8.27. The molecule has 0 aromatic carbocycles. The molecule has 6 atom stereocenters. The maximum Gasteiger partial charge on any atom is 0.327 e. The number of nitrogens with zero attached hydrogens (tertiary/aromatic N) is 5. The summed E-state index contributed by atoms with van der Waals surface area (Å²) in [7, 11) is 0.145. The molecule has 0 bridgehead atoms. The number of hydrogen-bond donors (Lipinski definition) is 3. The number of likely N-dealkylation sites (N-methyl/N-ethyl adjacent to an activating group) is 1. The number of urea groups is 1.